The van der Waals surface area contributed by atoms with Crippen molar-refractivity contribution in [1.29, 1.82) is 0 Å². The summed E-state index contributed by atoms with van der Waals surface area (Å²) >= 11 is 0. The number of hydrogen-bond acceptors (Lipinski definition) is 3. The molecule has 5 heteroatoms. The Hall–Kier alpha value is -3.60. The standard InChI is InChI=1S/C28H29NO4/c1-4-16-29(26(27(30)31)25-18(2)10-9-11-19(25)3)28(32)33-17-24-22-14-7-5-12-20(22)21-13-6-8-15-23(21)24/h5-15,24,26H,4,16-17H2,1-3H3,(H,30,31). The molecule has 1 aliphatic carbocycles. The van der Waals surface area contributed by atoms with Crippen LogP contribution in [0.25, 0.3) is 11.1 Å². The van der Waals surface area contributed by atoms with Gasteiger partial charge in [0.2, 0.25) is 0 Å². The maximum absolute atomic E-state index is 13.3. The van der Waals surface area contributed by atoms with Gasteiger partial charge in [0.15, 0.2) is 6.04 Å². The lowest BCUT2D eigenvalue weighted by Gasteiger charge is -2.30. The molecule has 1 amide bonds. The summed E-state index contributed by atoms with van der Waals surface area (Å²) < 4.78 is 5.81. The van der Waals surface area contributed by atoms with E-state index in [1.807, 2.05) is 63.2 Å². The SMILES string of the molecule is CCCN(C(=O)OCC1c2ccccc2-c2ccccc21)C(C(=O)O)c1c(C)cccc1C. The van der Waals surface area contributed by atoms with Gasteiger partial charge in [-0.3, -0.25) is 4.90 Å². The zero-order chi connectivity index (χ0) is 23.5. The highest BCUT2D eigenvalue weighted by atomic mass is 16.6. The number of fused-ring (bicyclic) bond motifs is 3. The molecule has 1 atom stereocenters. The van der Waals surface area contributed by atoms with E-state index in [4.69, 9.17) is 4.74 Å². The number of hydrogen-bond donors (Lipinski definition) is 1. The molecular formula is C28H29NO4. The van der Waals surface area contributed by atoms with Gasteiger partial charge in [0.25, 0.3) is 0 Å². The van der Waals surface area contributed by atoms with Crippen molar-refractivity contribution < 1.29 is 19.4 Å². The van der Waals surface area contributed by atoms with Crippen LogP contribution in [0.4, 0.5) is 4.79 Å². The number of amides is 1. The minimum absolute atomic E-state index is 0.0756. The monoisotopic (exact) mass is 443 g/mol. The molecule has 0 radical (unpaired) electrons. The number of nitrogens with zero attached hydrogens (tertiary/aromatic N) is 1. The highest BCUT2D eigenvalue weighted by Gasteiger charge is 2.35. The molecule has 3 aromatic rings. The van der Waals surface area contributed by atoms with E-state index in [0.717, 1.165) is 33.4 Å². The van der Waals surface area contributed by atoms with Gasteiger partial charge < -0.3 is 9.84 Å². The average Bonchev–Trinajstić information content (AvgIpc) is 3.12. The summed E-state index contributed by atoms with van der Waals surface area (Å²) in [5.41, 5.74) is 6.88. The summed E-state index contributed by atoms with van der Waals surface area (Å²) in [6, 6.07) is 20.8. The van der Waals surface area contributed by atoms with Crippen LogP contribution >= 0.6 is 0 Å². The fourth-order valence-electron chi connectivity index (χ4n) is 4.91. The van der Waals surface area contributed by atoms with E-state index >= 15 is 0 Å². The van der Waals surface area contributed by atoms with Gasteiger partial charge in [0.1, 0.15) is 6.61 Å². The number of carbonyl (C=O) groups excluding carboxylic acids is 1. The van der Waals surface area contributed by atoms with E-state index in [0.29, 0.717) is 18.5 Å². The summed E-state index contributed by atoms with van der Waals surface area (Å²) in [7, 11) is 0. The van der Waals surface area contributed by atoms with Gasteiger partial charge in [-0.1, -0.05) is 73.7 Å². The summed E-state index contributed by atoms with van der Waals surface area (Å²) in [5.74, 6) is -1.14. The largest absolute Gasteiger partial charge is 0.479 e. The van der Waals surface area contributed by atoms with Crippen LogP contribution < -0.4 is 0 Å². The van der Waals surface area contributed by atoms with E-state index in [-0.39, 0.29) is 12.5 Å². The number of ether oxygens (including phenoxy) is 1. The number of carboxylic acids is 1. The molecule has 4 rings (SSSR count). The molecule has 0 aliphatic heterocycles. The number of carbonyl (C=O) groups is 2. The third-order valence-electron chi connectivity index (χ3n) is 6.40. The van der Waals surface area contributed by atoms with Crippen LogP contribution in [0.3, 0.4) is 0 Å². The van der Waals surface area contributed by atoms with Crippen molar-refractivity contribution in [3.05, 3.63) is 94.5 Å². The summed E-state index contributed by atoms with van der Waals surface area (Å²) in [6.07, 6.45) is 0.0209. The van der Waals surface area contributed by atoms with Gasteiger partial charge >= 0.3 is 12.1 Å². The second-order valence-electron chi connectivity index (χ2n) is 8.54. The van der Waals surface area contributed by atoms with Gasteiger partial charge in [0, 0.05) is 12.5 Å². The molecule has 0 saturated carbocycles. The van der Waals surface area contributed by atoms with Crippen molar-refractivity contribution in [3.8, 4) is 11.1 Å². The maximum Gasteiger partial charge on any atom is 0.410 e. The van der Waals surface area contributed by atoms with Crippen molar-refractivity contribution in [3.63, 3.8) is 0 Å². The van der Waals surface area contributed by atoms with Crippen LogP contribution in [0.1, 0.15) is 53.1 Å². The lowest BCUT2D eigenvalue weighted by Crippen LogP contribution is -2.41. The van der Waals surface area contributed by atoms with Crippen LogP contribution in [0, 0.1) is 13.8 Å². The fraction of sp³-hybridized carbons (Fsp3) is 0.286. The fourth-order valence-corrected chi connectivity index (χ4v) is 4.91. The maximum atomic E-state index is 13.3. The Morgan fingerprint density at radius 3 is 1.97 bits per heavy atom. The Bertz CT molecular complexity index is 1120. The van der Waals surface area contributed by atoms with Crippen LogP contribution in [0.15, 0.2) is 66.7 Å². The molecule has 1 N–H and O–H groups in total. The predicted molar refractivity (Wildman–Crippen MR) is 128 cm³/mol. The number of aliphatic carboxylic acids is 1. The smallest absolute Gasteiger partial charge is 0.410 e. The van der Waals surface area contributed by atoms with Crippen molar-refractivity contribution in [1.82, 2.24) is 4.90 Å². The first-order valence-electron chi connectivity index (χ1n) is 11.3. The van der Waals surface area contributed by atoms with Crippen LogP contribution in [0.2, 0.25) is 0 Å². The van der Waals surface area contributed by atoms with Crippen LogP contribution in [0.5, 0.6) is 0 Å². The Labute approximate surface area is 194 Å². The molecule has 0 saturated heterocycles. The molecule has 0 fully saturated rings. The first-order chi connectivity index (χ1) is 15.9. The van der Waals surface area contributed by atoms with Crippen molar-refractivity contribution in [2.45, 2.75) is 39.2 Å². The first-order valence-corrected chi connectivity index (χ1v) is 11.3. The lowest BCUT2D eigenvalue weighted by molar-refractivity contribution is -0.143. The van der Waals surface area contributed by atoms with Crippen LogP contribution in [-0.2, 0) is 9.53 Å². The Balaban J connectivity index is 1.61. The van der Waals surface area contributed by atoms with E-state index in [9.17, 15) is 14.7 Å². The average molecular weight is 444 g/mol. The van der Waals surface area contributed by atoms with Gasteiger partial charge in [-0.15, -0.1) is 0 Å². The minimum atomic E-state index is -1.10. The highest BCUT2D eigenvalue weighted by molar-refractivity contribution is 5.83. The predicted octanol–water partition coefficient (Wildman–Crippen LogP) is 6.09. The molecule has 3 aromatic carbocycles. The van der Waals surface area contributed by atoms with Gasteiger partial charge in [-0.25, -0.2) is 9.59 Å². The summed E-state index contributed by atoms with van der Waals surface area (Å²) in [4.78, 5) is 27.0. The Morgan fingerprint density at radius 2 is 1.45 bits per heavy atom. The second-order valence-corrected chi connectivity index (χ2v) is 8.54. The molecule has 33 heavy (non-hydrogen) atoms. The topological polar surface area (TPSA) is 66.8 Å². The minimum Gasteiger partial charge on any atom is -0.479 e. The van der Waals surface area contributed by atoms with Crippen molar-refractivity contribution in [2.75, 3.05) is 13.2 Å². The number of rotatable bonds is 7. The molecule has 0 bridgehead atoms. The third kappa shape index (κ3) is 4.23. The summed E-state index contributed by atoms with van der Waals surface area (Å²) in [6.45, 7) is 6.13. The molecule has 1 aliphatic rings. The molecule has 0 aromatic heterocycles. The lowest BCUT2D eigenvalue weighted by atomic mass is 9.95. The van der Waals surface area contributed by atoms with E-state index in [1.165, 1.54) is 4.90 Å². The second kappa shape index (κ2) is 9.49. The van der Waals surface area contributed by atoms with Gasteiger partial charge in [-0.05, 0) is 59.2 Å². The Morgan fingerprint density at radius 1 is 0.909 bits per heavy atom. The highest BCUT2D eigenvalue weighted by Crippen LogP contribution is 2.44. The third-order valence-corrected chi connectivity index (χ3v) is 6.40. The zero-order valence-electron chi connectivity index (χ0n) is 19.2. The zero-order valence-corrected chi connectivity index (χ0v) is 19.2. The molecule has 0 spiro atoms. The van der Waals surface area contributed by atoms with E-state index in [1.54, 1.807) is 0 Å². The molecule has 170 valence electrons. The van der Waals surface area contributed by atoms with Gasteiger partial charge in [0.05, 0.1) is 0 Å². The van der Waals surface area contributed by atoms with E-state index in [2.05, 4.69) is 24.3 Å². The van der Waals surface area contributed by atoms with Gasteiger partial charge in [-0.2, -0.15) is 0 Å². The molecule has 5 nitrogen and oxygen atoms in total. The Kier molecular flexibility index (Phi) is 6.50. The van der Waals surface area contributed by atoms with Crippen molar-refractivity contribution in [2.24, 2.45) is 0 Å². The number of aryl methyl sites for hydroxylation is 2. The summed E-state index contributed by atoms with van der Waals surface area (Å²) in [5, 5.41) is 10.1. The number of benzene rings is 3. The normalized spacial score (nSPS) is 13.2. The molecule has 1 unspecified atom stereocenters. The molecule has 0 heterocycles. The molecular weight excluding hydrogens is 414 g/mol. The number of carboxylic acid groups (broad SMARTS) is 1. The van der Waals surface area contributed by atoms with Crippen LogP contribution in [-0.4, -0.2) is 35.2 Å². The van der Waals surface area contributed by atoms with Crippen molar-refractivity contribution >= 4 is 12.1 Å². The quantitative estimate of drug-likeness (QED) is 0.480. The van der Waals surface area contributed by atoms with E-state index < -0.39 is 18.1 Å². The first kappa shape index (κ1) is 22.6.